The molecule has 0 amide bonds. The molecule has 4 aromatic rings. The Labute approximate surface area is 147 Å². The summed E-state index contributed by atoms with van der Waals surface area (Å²) in [5.74, 6) is 0.528. The molecule has 4 rings (SSSR count). The summed E-state index contributed by atoms with van der Waals surface area (Å²) in [4.78, 5) is 4.64. The van der Waals surface area contributed by atoms with E-state index in [0.717, 1.165) is 28.3 Å². The number of hydrogen-bond acceptors (Lipinski definition) is 1. The van der Waals surface area contributed by atoms with Crippen LogP contribution in [0.4, 0.5) is 4.39 Å². The lowest BCUT2D eigenvalue weighted by Gasteiger charge is -2.04. The Balaban J connectivity index is 1.80. The fourth-order valence-electron chi connectivity index (χ4n) is 2.74. The lowest BCUT2D eigenvalue weighted by atomic mass is 10.1. The highest BCUT2D eigenvalue weighted by Gasteiger charge is 2.13. The molecule has 24 heavy (non-hydrogen) atoms. The van der Waals surface area contributed by atoms with Crippen molar-refractivity contribution in [2.75, 3.05) is 0 Å². The number of aryl methyl sites for hydroxylation is 1. The van der Waals surface area contributed by atoms with E-state index < -0.39 is 0 Å². The second kappa shape index (κ2) is 5.65. The molecule has 0 unspecified atom stereocenters. The summed E-state index contributed by atoms with van der Waals surface area (Å²) < 4.78 is 17.0. The predicted octanol–water partition coefficient (Wildman–Crippen LogP) is 5.45. The van der Waals surface area contributed by atoms with Crippen molar-refractivity contribution in [1.29, 1.82) is 0 Å². The van der Waals surface area contributed by atoms with Gasteiger partial charge in [-0.1, -0.05) is 29.3 Å². The van der Waals surface area contributed by atoms with Gasteiger partial charge in [0.05, 0.1) is 21.4 Å². The maximum Gasteiger partial charge on any atom is 0.214 e. The van der Waals surface area contributed by atoms with E-state index in [2.05, 4.69) is 4.98 Å². The Morgan fingerprint density at radius 2 is 1.62 bits per heavy atom. The molecule has 2 aromatic carbocycles. The minimum atomic E-state index is -0.260. The van der Waals surface area contributed by atoms with E-state index in [0.29, 0.717) is 10.0 Å². The highest BCUT2D eigenvalue weighted by atomic mass is 35.5. The van der Waals surface area contributed by atoms with Crippen LogP contribution in [-0.4, -0.2) is 14.0 Å². The molecular formula is C18H12Cl2FN3. The zero-order valence-electron chi connectivity index (χ0n) is 12.7. The highest BCUT2D eigenvalue weighted by molar-refractivity contribution is 6.42. The Bertz CT molecular complexity index is 1050. The van der Waals surface area contributed by atoms with Crippen molar-refractivity contribution >= 4 is 29.0 Å². The Morgan fingerprint density at radius 3 is 2.29 bits per heavy atom. The van der Waals surface area contributed by atoms with Crippen LogP contribution in [0, 0.1) is 5.82 Å². The van der Waals surface area contributed by atoms with E-state index in [1.165, 1.54) is 12.1 Å². The number of benzene rings is 2. The molecule has 6 heteroatoms. The number of halogens is 3. The van der Waals surface area contributed by atoms with Gasteiger partial charge in [-0.05, 0) is 36.4 Å². The summed E-state index contributed by atoms with van der Waals surface area (Å²) in [6.07, 6.45) is 3.90. The van der Waals surface area contributed by atoms with Gasteiger partial charge in [-0.2, -0.15) is 0 Å². The number of rotatable bonds is 2. The quantitative estimate of drug-likeness (QED) is 0.466. The van der Waals surface area contributed by atoms with E-state index in [1.807, 2.05) is 40.5 Å². The Hall–Kier alpha value is -2.30. The van der Waals surface area contributed by atoms with Gasteiger partial charge < -0.3 is 4.57 Å². The predicted molar refractivity (Wildman–Crippen MR) is 95.0 cm³/mol. The average molecular weight is 360 g/mol. The zero-order valence-corrected chi connectivity index (χ0v) is 14.2. The SMILES string of the molecule is Cn1c(-c2ccc(Cl)c(Cl)c2)cn2cc(-c3ccc(F)cc3)nc12. The third kappa shape index (κ3) is 2.48. The Kier molecular flexibility index (Phi) is 3.59. The number of hydrogen-bond donors (Lipinski definition) is 0. The molecule has 0 saturated heterocycles. The fraction of sp³-hybridized carbons (Fsp3) is 0.0556. The maximum absolute atomic E-state index is 13.1. The van der Waals surface area contributed by atoms with Crippen LogP contribution in [0.25, 0.3) is 28.3 Å². The molecule has 2 heterocycles. The molecule has 0 spiro atoms. The summed E-state index contributed by atoms with van der Waals surface area (Å²) in [5.41, 5.74) is 3.60. The van der Waals surface area contributed by atoms with Crippen LogP contribution in [0.5, 0.6) is 0 Å². The van der Waals surface area contributed by atoms with Crippen molar-refractivity contribution in [2.24, 2.45) is 7.05 Å². The van der Waals surface area contributed by atoms with E-state index in [-0.39, 0.29) is 5.82 Å². The van der Waals surface area contributed by atoms with Crippen LogP contribution >= 0.6 is 23.2 Å². The number of imidazole rings is 2. The minimum Gasteiger partial charge on any atom is -0.313 e. The van der Waals surface area contributed by atoms with Crippen molar-refractivity contribution in [1.82, 2.24) is 14.0 Å². The van der Waals surface area contributed by atoms with Gasteiger partial charge in [-0.3, -0.25) is 4.40 Å². The van der Waals surface area contributed by atoms with Crippen LogP contribution in [0.2, 0.25) is 10.0 Å². The summed E-state index contributed by atoms with van der Waals surface area (Å²) in [6, 6.07) is 11.8. The van der Waals surface area contributed by atoms with E-state index in [9.17, 15) is 4.39 Å². The largest absolute Gasteiger partial charge is 0.313 e. The molecule has 3 nitrogen and oxygen atoms in total. The van der Waals surface area contributed by atoms with Crippen LogP contribution in [0.1, 0.15) is 0 Å². The summed E-state index contributed by atoms with van der Waals surface area (Å²) >= 11 is 12.1. The van der Waals surface area contributed by atoms with Crippen molar-refractivity contribution in [2.45, 2.75) is 0 Å². The zero-order chi connectivity index (χ0) is 16.8. The molecule has 0 bridgehead atoms. The van der Waals surface area contributed by atoms with Gasteiger partial charge in [0.1, 0.15) is 5.82 Å². The first-order chi connectivity index (χ1) is 11.5. The third-order valence-electron chi connectivity index (χ3n) is 3.99. The van der Waals surface area contributed by atoms with Gasteiger partial charge in [0.15, 0.2) is 0 Å². The first kappa shape index (κ1) is 15.2. The molecule has 0 fully saturated rings. The monoisotopic (exact) mass is 359 g/mol. The number of nitrogens with zero attached hydrogens (tertiary/aromatic N) is 3. The van der Waals surface area contributed by atoms with Crippen LogP contribution in [0.3, 0.4) is 0 Å². The van der Waals surface area contributed by atoms with Crippen LogP contribution in [-0.2, 0) is 7.05 Å². The first-order valence-electron chi connectivity index (χ1n) is 7.29. The smallest absolute Gasteiger partial charge is 0.214 e. The minimum absolute atomic E-state index is 0.260. The fourth-order valence-corrected chi connectivity index (χ4v) is 3.03. The molecule has 2 aromatic heterocycles. The lowest BCUT2D eigenvalue weighted by Crippen LogP contribution is -1.93. The van der Waals surface area contributed by atoms with Crippen LogP contribution in [0.15, 0.2) is 54.9 Å². The van der Waals surface area contributed by atoms with Gasteiger partial charge >= 0.3 is 0 Å². The van der Waals surface area contributed by atoms with Crippen molar-refractivity contribution in [3.05, 3.63) is 70.7 Å². The molecule has 0 radical (unpaired) electrons. The van der Waals surface area contributed by atoms with Gasteiger partial charge in [-0.15, -0.1) is 0 Å². The highest BCUT2D eigenvalue weighted by Crippen LogP contribution is 2.30. The van der Waals surface area contributed by atoms with E-state index in [1.54, 1.807) is 18.2 Å². The molecule has 0 aliphatic rings. The van der Waals surface area contributed by atoms with E-state index in [4.69, 9.17) is 23.2 Å². The topological polar surface area (TPSA) is 22.2 Å². The normalized spacial score (nSPS) is 11.3. The molecule has 0 aliphatic carbocycles. The molecular weight excluding hydrogens is 348 g/mol. The number of fused-ring (bicyclic) bond motifs is 1. The third-order valence-corrected chi connectivity index (χ3v) is 4.73. The van der Waals surface area contributed by atoms with Gasteiger partial charge in [0.2, 0.25) is 5.78 Å². The average Bonchev–Trinajstić information content (AvgIpc) is 3.11. The van der Waals surface area contributed by atoms with Crippen molar-refractivity contribution in [3.63, 3.8) is 0 Å². The molecule has 0 aliphatic heterocycles. The standard InChI is InChI=1S/C18H12Cl2FN3/c1-23-17(12-4-7-14(19)15(20)8-12)10-24-9-16(22-18(23)24)11-2-5-13(21)6-3-11/h2-10H,1H3. The van der Waals surface area contributed by atoms with Gasteiger partial charge in [-0.25, -0.2) is 9.37 Å². The second-order valence-electron chi connectivity index (χ2n) is 5.54. The molecule has 0 saturated carbocycles. The maximum atomic E-state index is 13.1. The Morgan fingerprint density at radius 1 is 0.917 bits per heavy atom. The summed E-state index contributed by atoms with van der Waals surface area (Å²) in [5, 5.41) is 1.04. The van der Waals surface area contributed by atoms with Crippen molar-refractivity contribution < 1.29 is 4.39 Å². The van der Waals surface area contributed by atoms with Crippen LogP contribution < -0.4 is 0 Å². The molecule has 0 atom stereocenters. The van der Waals surface area contributed by atoms with Crippen molar-refractivity contribution in [3.8, 4) is 22.5 Å². The first-order valence-corrected chi connectivity index (χ1v) is 8.04. The second-order valence-corrected chi connectivity index (χ2v) is 6.36. The number of aromatic nitrogens is 3. The van der Waals surface area contributed by atoms with E-state index >= 15 is 0 Å². The summed E-state index contributed by atoms with van der Waals surface area (Å²) in [7, 11) is 1.94. The van der Waals surface area contributed by atoms with Gasteiger partial charge in [0.25, 0.3) is 0 Å². The molecule has 120 valence electrons. The molecule has 0 N–H and O–H groups in total. The van der Waals surface area contributed by atoms with Gasteiger partial charge in [0, 0.05) is 30.6 Å². The summed E-state index contributed by atoms with van der Waals surface area (Å²) in [6.45, 7) is 0. The lowest BCUT2D eigenvalue weighted by molar-refractivity contribution is 0.628.